The molecule has 9 heteroatoms. The van der Waals surface area contributed by atoms with Crippen molar-refractivity contribution < 1.29 is 32.3 Å². The van der Waals surface area contributed by atoms with Crippen molar-refractivity contribution in [3.8, 4) is 0 Å². The highest BCUT2D eigenvalue weighted by molar-refractivity contribution is 5.93. The topological polar surface area (TPSA) is 74.0 Å². The van der Waals surface area contributed by atoms with Gasteiger partial charge in [-0.15, -0.1) is 0 Å². The normalized spacial score (nSPS) is 21.5. The van der Waals surface area contributed by atoms with Crippen molar-refractivity contribution in [1.82, 2.24) is 9.80 Å². The molecule has 2 aliphatic heterocycles. The number of alkyl halides is 3. The number of rotatable bonds is 1. The van der Waals surface area contributed by atoms with Gasteiger partial charge in [-0.05, 0) is 31.9 Å². The summed E-state index contributed by atoms with van der Waals surface area (Å²) in [5, 5.41) is 7.12. The first kappa shape index (κ1) is 18.3. The van der Waals surface area contributed by atoms with Crippen LogP contribution in [0.4, 0.5) is 13.2 Å². The van der Waals surface area contributed by atoms with Gasteiger partial charge in [-0.2, -0.15) is 13.2 Å². The maximum absolute atomic E-state index is 12.2. The first-order valence-electron chi connectivity index (χ1n) is 7.64. The zero-order valence-corrected chi connectivity index (χ0v) is 13.0. The van der Waals surface area contributed by atoms with Crippen LogP contribution in [-0.4, -0.2) is 65.2 Å². The molecule has 3 rings (SSSR count). The highest BCUT2D eigenvalue weighted by Crippen LogP contribution is 2.22. The molecular weight excluding hydrogens is 329 g/mol. The molecule has 1 aromatic heterocycles. The number of carboxylic acid groups (broad SMARTS) is 1. The molecule has 0 saturated carbocycles. The number of carbonyl (C=O) groups is 2. The van der Waals surface area contributed by atoms with E-state index in [0.717, 1.165) is 26.1 Å². The third-order valence-electron chi connectivity index (χ3n) is 4.10. The van der Waals surface area contributed by atoms with E-state index in [2.05, 4.69) is 4.90 Å². The van der Waals surface area contributed by atoms with Crippen LogP contribution in [0.15, 0.2) is 23.0 Å². The molecule has 2 saturated heterocycles. The molecule has 0 radical (unpaired) electrons. The lowest BCUT2D eigenvalue weighted by molar-refractivity contribution is -0.192. The summed E-state index contributed by atoms with van der Waals surface area (Å²) in [5.41, 5.74) is 0.677. The average Bonchev–Trinajstić information content (AvgIpc) is 3.14. The minimum Gasteiger partial charge on any atom is -0.475 e. The van der Waals surface area contributed by atoms with Crippen LogP contribution in [0.2, 0.25) is 0 Å². The molecule has 24 heavy (non-hydrogen) atoms. The van der Waals surface area contributed by atoms with Crippen LogP contribution in [0, 0.1) is 0 Å². The third-order valence-corrected chi connectivity index (χ3v) is 4.10. The van der Waals surface area contributed by atoms with Crippen molar-refractivity contribution in [3.63, 3.8) is 0 Å². The summed E-state index contributed by atoms with van der Waals surface area (Å²) in [6.07, 6.45) is 1.61. The lowest BCUT2D eigenvalue weighted by Crippen LogP contribution is -2.39. The highest BCUT2D eigenvalue weighted by Gasteiger charge is 2.38. The lowest BCUT2D eigenvalue weighted by Gasteiger charge is -2.25. The minimum atomic E-state index is -5.08. The summed E-state index contributed by atoms with van der Waals surface area (Å²) in [7, 11) is 0. The van der Waals surface area contributed by atoms with Gasteiger partial charge in [0.15, 0.2) is 0 Å². The largest absolute Gasteiger partial charge is 0.490 e. The molecule has 0 aliphatic carbocycles. The molecule has 3 heterocycles. The van der Waals surface area contributed by atoms with E-state index >= 15 is 0 Å². The Hall–Kier alpha value is -2.03. The van der Waals surface area contributed by atoms with Gasteiger partial charge in [0, 0.05) is 25.7 Å². The van der Waals surface area contributed by atoms with E-state index in [1.807, 2.05) is 4.90 Å². The van der Waals surface area contributed by atoms with Crippen LogP contribution in [0.25, 0.3) is 0 Å². The zero-order valence-electron chi connectivity index (χ0n) is 13.0. The molecular formula is C15H19F3N2O4. The van der Waals surface area contributed by atoms with Gasteiger partial charge in [0.25, 0.3) is 5.91 Å². The molecule has 6 nitrogen and oxygen atoms in total. The summed E-state index contributed by atoms with van der Waals surface area (Å²) in [6.45, 7) is 4.10. The van der Waals surface area contributed by atoms with Crippen molar-refractivity contribution in [1.29, 1.82) is 0 Å². The Bertz CT molecular complexity index is 560. The van der Waals surface area contributed by atoms with Crippen molar-refractivity contribution in [3.05, 3.63) is 24.2 Å². The van der Waals surface area contributed by atoms with Crippen LogP contribution in [0.3, 0.4) is 0 Å². The Morgan fingerprint density at radius 2 is 1.88 bits per heavy atom. The van der Waals surface area contributed by atoms with Gasteiger partial charge in [-0.25, -0.2) is 4.79 Å². The van der Waals surface area contributed by atoms with E-state index in [1.165, 1.54) is 19.4 Å². The van der Waals surface area contributed by atoms with Crippen LogP contribution in [0.1, 0.15) is 29.6 Å². The Morgan fingerprint density at radius 3 is 2.46 bits per heavy atom. The summed E-state index contributed by atoms with van der Waals surface area (Å²) < 4.78 is 36.7. The minimum absolute atomic E-state index is 0.118. The van der Waals surface area contributed by atoms with Crippen LogP contribution >= 0.6 is 0 Å². The molecule has 0 spiro atoms. The third kappa shape index (κ3) is 4.73. The monoisotopic (exact) mass is 348 g/mol. The van der Waals surface area contributed by atoms with Gasteiger partial charge in [0.1, 0.15) is 6.26 Å². The van der Waals surface area contributed by atoms with Gasteiger partial charge in [0.2, 0.25) is 0 Å². The molecule has 1 unspecified atom stereocenters. The second kappa shape index (κ2) is 7.69. The van der Waals surface area contributed by atoms with Crippen LogP contribution in [-0.2, 0) is 4.79 Å². The maximum atomic E-state index is 12.2. The maximum Gasteiger partial charge on any atom is 0.490 e. The van der Waals surface area contributed by atoms with Crippen LogP contribution < -0.4 is 0 Å². The molecule has 1 N–H and O–H groups in total. The molecule has 0 bridgehead atoms. The predicted molar refractivity (Wildman–Crippen MR) is 77.5 cm³/mol. The number of amides is 1. The lowest BCUT2D eigenvalue weighted by atomic mass is 10.2. The van der Waals surface area contributed by atoms with E-state index in [-0.39, 0.29) is 5.91 Å². The van der Waals surface area contributed by atoms with Gasteiger partial charge < -0.3 is 14.4 Å². The highest BCUT2D eigenvalue weighted by atomic mass is 19.4. The molecule has 1 aromatic rings. The Morgan fingerprint density at radius 1 is 1.21 bits per heavy atom. The first-order valence-corrected chi connectivity index (χ1v) is 7.64. The molecule has 1 amide bonds. The summed E-state index contributed by atoms with van der Waals surface area (Å²) >= 11 is 0. The standard InChI is InChI=1S/C13H18N2O2.C2HF3O2/c16-13(11-4-8-17-10-11)15-7-2-6-14-5-1-3-12(14)9-15;3-2(4,5)1(6)7/h4,8,10,12H,1-3,5-7,9H2;(H,6,7). The average molecular weight is 348 g/mol. The molecule has 1 atom stereocenters. The van der Waals surface area contributed by atoms with Crippen molar-refractivity contribution in [2.24, 2.45) is 0 Å². The summed E-state index contributed by atoms with van der Waals surface area (Å²) in [4.78, 5) is 25.7. The van der Waals surface area contributed by atoms with Gasteiger partial charge in [-0.3, -0.25) is 9.69 Å². The number of fused-ring (bicyclic) bond motifs is 1. The molecule has 0 aromatic carbocycles. The van der Waals surface area contributed by atoms with Gasteiger partial charge in [-0.1, -0.05) is 0 Å². The zero-order chi connectivity index (χ0) is 17.7. The van der Waals surface area contributed by atoms with Crippen molar-refractivity contribution in [2.45, 2.75) is 31.5 Å². The second-order valence-corrected chi connectivity index (χ2v) is 5.75. The predicted octanol–water partition coefficient (Wildman–Crippen LogP) is 2.22. The molecule has 2 fully saturated rings. The van der Waals surface area contributed by atoms with Crippen molar-refractivity contribution >= 4 is 11.9 Å². The SMILES string of the molecule is O=C(O)C(F)(F)F.O=C(c1ccoc1)N1CCCN2CCCC2C1. The van der Waals surface area contributed by atoms with E-state index in [9.17, 15) is 18.0 Å². The van der Waals surface area contributed by atoms with E-state index < -0.39 is 12.1 Å². The van der Waals surface area contributed by atoms with Gasteiger partial charge in [0.05, 0.1) is 11.8 Å². The first-order chi connectivity index (χ1) is 11.3. The second-order valence-electron chi connectivity index (χ2n) is 5.75. The van der Waals surface area contributed by atoms with Crippen LogP contribution in [0.5, 0.6) is 0 Å². The fourth-order valence-corrected chi connectivity index (χ4v) is 2.96. The Labute approximate surface area is 136 Å². The number of aliphatic carboxylic acids is 1. The Balaban J connectivity index is 0.000000256. The quantitative estimate of drug-likeness (QED) is 0.842. The number of hydrogen-bond donors (Lipinski definition) is 1. The van der Waals surface area contributed by atoms with E-state index in [1.54, 1.807) is 18.6 Å². The van der Waals surface area contributed by atoms with Gasteiger partial charge >= 0.3 is 12.1 Å². The van der Waals surface area contributed by atoms with E-state index in [0.29, 0.717) is 11.6 Å². The van der Waals surface area contributed by atoms with E-state index in [4.69, 9.17) is 14.3 Å². The molecule has 134 valence electrons. The number of carboxylic acids is 1. The smallest absolute Gasteiger partial charge is 0.475 e. The number of halogens is 3. The number of nitrogens with zero attached hydrogens (tertiary/aromatic N) is 2. The number of furan rings is 1. The Kier molecular flexibility index (Phi) is 5.87. The number of hydrogen-bond acceptors (Lipinski definition) is 4. The fraction of sp³-hybridized carbons (Fsp3) is 0.600. The summed E-state index contributed by atoms with van der Waals surface area (Å²) in [6, 6.07) is 2.33. The summed E-state index contributed by atoms with van der Waals surface area (Å²) in [5.74, 6) is -2.64. The van der Waals surface area contributed by atoms with Crippen molar-refractivity contribution in [2.75, 3.05) is 26.2 Å². The molecule has 2 aliphatic rings. The number of carbonyl (C=O) groups excluding carboxylic acids is 1. The fourth-order valence-electron chi connectivity index (χ4n) is 2.96.